The van der Waals surface area contributed by atoms with Gasteiger partial charge in [-0.05, 0) is 20.0 Å². The highest BCUT2D eigenvalue weighted by atomic mass is 32.2. The van der Waals surface area contributed by atoms with Crippen molar-refractivity contribution in [1.29, 1.82) is 0 Å². The first kappa shape index (κ1) is 13.4. The molecule has 0 aliphatic heterocycles. The molecular formula is C9H12N4O2S3. The van der Waals surface area contributed by atoms with Gasteiger partial charge in [-0.15, -0.1) is 21.5 Å². The molecule has 2 heterocycles. The van der Waals surface area contributed by atoms with E-state index < -0.39 is 10.0 Å². The third-order valence-corrected chi connectivity index (χ3v) is 5.33. The number of hydrogen-bond acceptors (Lipinski definition) is 7. The molecule has 0 aliphatic carbocycles. The first-order valence-electron chi connectivity index (χ1n) is 5.06. The maximum Gasteiger partial charge on any atom is 0.264 e. The van der Waals surface area contributed by atoms with Crippen molar-refractivity contribution >= 4 is 37.8 Å². The summed E-state index contributed by atoms with van der Waals surface area (Å²) in [5, 5.41) is 13.1. The van der Waals surface area contributed by atoms with Crippen molar-refractivity contribution in [2.75, 3.05) is 11.8 Å². The summed E-state index contributed by atoms with van der Waals surface area (Å²) < 4.78 is 26.5. The van der Waals surface area contributed by atoms with Crippen molar-refractivity contribution in [2.24, 2.45) is 0 Å². The Balaban J connectivity index is 2.19. The molecule has 0 unspecified atom stereocenters. The Morgan fingerprint density at radius 3 is 2.78 bits per heavy atom. The van der Waals surface area contributed by atoms with Crippen LogP contribution < -0.4 is 10.0 Å². The molecule has 0 saturated heterocycles. The number of sulfonamides is 1. The van der Waals surface area contributed by atoms with E-state index in [1.54, 1.807) is 18.4 Å². The number of aryl methyl sites for hydroxylation is 1. The van der Waals surface area contributed by atoms with Gasteiger partial charge in [-0.3, -0.25) is 4.72 Å². The lowest BCUT2D eigenvalue weighted by atomic mass is 10.5. The highest BCUT2D eigenvalue weighted by Gasteiger charge is 2.18. The number of aromatic nitrogens is 2. The van der Waals surface area contributed by atoms with Gasteiger partial charge in [0.1, 0.15) is 5.01 Å². The molecule has 6 nitrogen and oxygen atoms in total. The third kappa shape index (κ3) is 3.05. The Morgan fingerprint density at radius 1 is 1.39 bits per heavy atom. The fraction of sp³-hybridized carbons (Fsp3) is 0.333. The summed E-state index contributed by atoms with van der Waals surface area (Å²) in [6, 6.07) is 1.65. The van der Waals surface area contributed by atoms with E-state index in [1.165, 1.54) is 22.7 Å². The zero-order valence-electron chi connectivity index (χ0n) is 9.80. The second-order valence-electron chi connectivity index (χ2n) is 3.51. The number of nitrogens with zero attached hydrogens (tertiary/aromatic N) is 2. The predicted molar refractivity (Wildman–Crippen MR) is 72.5 cm³/mol. The minimum absolute atomic E-state index is 0.255. The second-order valence-corrected chi connectivity index (χ2v) is 7.37. The van der Waals surface area contributed by atoms with E-state index in [0.29, 0.717) is 11.6 Å². The van der Waals surface area contributed by atoms with Crippen LogP contribution in [0.5, 0.6) is 0 Å². The van der Waals surface area contributed by atoms with E-state index >= 15 is 0 Å². The van der Waals surface area contributed by atoms with Crippen molar-refractivity contribution < 1.29 is 8.42 Å². The van der Waals surface area contributed by atoms with Crippen LogP contribution in [0.1, 0.15) is 9.88 Å². The summed E-state index contributed by atoms with van der Waals surface area (Å²) in [5.74, 6) is 0. The molecular weight excluding hydrogens is 292 g/mol. The molecule has 18 heavy (non-hydrogen) atoms. The molecule has 0 aromatic carbocycles. The number of thiophene rings is 1. The highest BCUT2D eigenvalue weighted by Crippen LogP contribution is 2.23. The molecule has 0 fully saturated rings. The van der Waals surface area contributed by atoms with Crippen LogP contribution in [-0.4, -0.2) is 25.7 Å². The van der Waals surface area contributed by atoms with Crippen LogP contribution in [0.3, 0.4) is 0 Å². The molecule has 0 radical (unpaired) electrons. The third-order valence-electron chi connectivity index (χ3n) is 2.04. The zero-order valence-corrected chi connectivity index (χ0v) is 12.2. The standard InChI is InChI=1S/C9H12N4O2S3/c1-6-11-12-9(17-6)13-18(14,15)8-3-7(4-10-2)16-5-8/h3,5,10H,4H2,1-2H3,(H,12,13). The maximum absolute atomic E-state index is 12.0. The average Bonchev–Trinajstić information content (AvgIpc) is 2.88. The van der Waals surface area contributed by atoms with Crippen LogP contribution in [0.25, 0.3) is 0 Å². The molecule has 2 N–H and O–H groups in total. The molecule has 0 saturated carbocycles. The monoisotopic (exact) mass is 304 g/mol. The lowest BCUT2D eigenvalue weighted by Crippen LogP contribution is -2.12. The van der Waals surface area contributed by atoms with Crippen LogP contribution in [0.4, 0.5) is 5.13 Å². The lowest BCUT2D eigenvalue weighted by Gasteiger charge is -2.01. The fourth-order valence-electron chi connectivity index (χ4n) is 1.28. The van der Waals surface area contributed by atoms with E-state index in [9.17, 15) is 8.42 Å². The van der Waals surface area contributed by atoms with Gasteiger partial charge in [0.05, 0.1) is 4.90 Å². The first-order chi connectivity index (χ1) is 8.51. The molecule has 0 atom stereocenters. The molecule has 0 amide bonds. The number of anilines is 1. The quantitative estimate of drug-likeness (QED) is 0.873. The molecule has 2 rings (SSSR count). The Bertz CT molecular complexity index is 632. The van der Waals surface area contributed by atoms with Crippen LogP contribution in [0, 0.1) is 6.92 Å². The van der Waals surface area contributed by atoms with Gasteiger partial charge in [0.15, 0.2) is 0 Å². The molecule has 0 aliphatic rings. The molecule has 2 aromatic rings. The van der Waals surface area contributed by atoms with Crippen molar-refractivity contribution in [3.8, 4) is 0 Å². The summed E-state index contributed by atoms with van der Waals surface area (Å²) in [7, 11) is -1.74. The minimum Gasteiger partial charge on any atom is -0.315 e. The van der Waals surface area contributed by atoms with Gasteiger partial charge in [-0.2, -0.15) is 0 Å². The molecule has 9 heteroatoms. The summed E-state index contributed by atoms with van der Waals surface area (Å²) in [6.07, 6.45) is 0. The van der Waals surface area contributed by atoms with Crippen molar-refractivity contribution in [2.45, 2.75) is 18.4 Å². The van der Waals surface area contributed by atoms with Gasteiger partial charge in [0.25, 0.3) is 10.0 Å². The van der Waals surface area contributed by atoms with Crippen LogP contribution in [0.2, 0.25) is 0 Å². The van der Waals surface area contributed by atoms with Gasteiger partial charge in [0.2, 0.25) is 5.13 Å². The normalized spacial score (nSPS) is 11.7. The smallest absolute Gasteiger partial charge is 0.264 e. The van der Waals surface area contributed by atoms with Gasteiger partial charge < -0.3 is 5.32 Å². The maximum atomic E-state index is 12.0. The van der Waals surface area contributed by atoms with E-state index in [4.69, 9.17) is 0 Å². The fourth-order valence-corrected chi connectivity index (χ4v) is 4.39. The average molecular weight is 304 g/mol. The number of hydrogen-bond donors (Lipinski definition) is 2. The summed E-state index contributed by atoms with van der Waals surface area (Å²) in [5.41, 5.74) is 0. The van der Waals surface area contributed by atoms with Crippen molar-refractivity contribution in [3.05, 3.63) is 21.3 Å². The minimum atomic E-state index is -3.56. The Kier molecular flexibility index (Phi) is 3.95. The molecule has 0 bridgehead atoms. The SMILES string of the molecule is CNCc1cc(S(=O)(=O)Nc2nnc(C)s2)cs1. The largest absolute Gasteiger partial charge is 0.315 e. The van der Waals surface area contributed by atoms with Crippen LogP contribution in [-0.2, 0) is 16.6 Å². The first-order valence-corrected chi connectivity index (χ1v) is 8.24. The summed E-state index contributed by atoms with van der Waals surface area (Å²) >= 11 is 2.61. The van der Waals surface area contributed by atoms with Crippen LogP contribution in [0.15, 0.2) is 16.3 Å². The van der Waals surface area contributed by atoms with E-state index in [-0.39, 0.29) is 10.0 Å². The highest BCUT2D eigenvalue weighted by molar-refractivity contribution is 7.93. The van der Waals surface area contributed by atoms with E-state index in [2.05, 4.69) is 20.2 Å². The molecule has 98 valence electrons. The Hall–Kier alpha value is -1.03. The Morgan fingerprint density at radius 2 is 2.17 bits per heavy atom. The molecule has 2 aromatic heterocycles. The Labute approximate surface area is 113 Å². The van der Waals surface area contributed by atoms with E-state index in [0.717, 1.165) is 4.88 Å². The molecule has 0 spiro atoms. The summed E-state index contributed by atoms with van der Waals surface area (Å²) in [4.78, 5) is 1.22. The number of rotatable bonds is 5. The lowest BCUT2D eigenvalue weighted by molar-refractivity contribution is 0.601. The predicted octanol–water partition coefficient (Wildman–Crippen LogP) is 1.43. The van der Waals surface area contributed by atoms with Gasteiger partial charge in [-0.25, -0.2) is 8.42 Å². The summed E-state index contributed by atoms with van der Waals surface area (Å²) in [6.45, 7) is 2.42. The van der Waals surface area contributed by atoms with Crippen molar-refractivity contribution in [1.82, 2.24) is 15.5 Å². The zero-order chi connectivity index (χ0) is 13.2. The van der Waals surface area contributed by atoms with E-state index in [1.807, 2.05) is 7.05 Å². The van der Waals surface area contributed by atoms with Crippen molar-refractivity contribution in [3.63, 3.8) is 0 Å². The van der Waals surface area contributed by atoms with Crippen LogP contribution >= 0.6 is 22.7 Å². The number of nitrogens with one attached hydrogen (secondary N) is 2. The topological polar surface area (TPSA) is 84.0 Å². The van der Waals surface area contributed by atoms with Gasteiger partial charge >= 0.3 is 0 Å². The van der Waals surface area contributed by atoms with Gasteiger partial charge in [0, 0.05) is 16.8 Å². The van der Waals surface area contributed by atoms with Gasteiger partial charge in [-0.1, -0.05) is 11.3 Å². The second kappa shape index (κ2) is 5.31.